The lowest BCUT2D eigenvalue weighted by atomic mass is 10.1. The van der Waals surface area contributed by atoms with Crippen LogP contribution in [-0.4, -0.2) is 47.5 Å². The van der Waals surface area contributed by atoms with Crippen LogP contribution < -0.4 is 4.90 Å². The van der Waals surface area contributed by atoms with Gasteiger partial charge in [-0.05, 0) is 41.5 Å². The maximum absolute atomic E-state index is 12.2. The van der Waals surface area contributed by atoms with Gasteiger partial charge in [0.05, 0.1) is 21.9 Å². The largest absolute Gasteiger partial charge is 0.354 e. The summed E-state index contributed by atoms with van der Waals surface area (Å²) in [5.41, 5.74) is 0.729. The fourth-order valence-corrected chi connectivity index (χ4v) is 4.23. The number of anilines is 1. The van der Waals surface area contributed by atoms with Crippen molar-refractivity contribution in [3.8, 4) is 0 Å². The molecule has 0 aromatic carbocycles. The molecule has 0 saturated carbocycles. The van der Waals surface area contributed by atoms with E-state index in [4.69, 9.17) is 0 Å². The Labute approximate surface area is 139 Å². The van der Waals surface area contributed by atoms with Gasteiger partial charge in [0.15, 0.2) is 5.65 Å². The Hall–Kier alpha value is -1.50. The molecule has 3 heterocycles. The molecule has 3 rings (SSSR count). The summed E-state index contributed by atoms with van der Waals surface area (Å²) in [5.74, 6) is 2.32. The third-order valence-electron chi connectivity index (χ3n) is 4.19. The first-order valence-electron chi connectivity index (χ1n) is 7.96. The first kappa shape index (κ1) is 16.4. The third-order valence-corrected chi connectivity index (χ3v) is 6.10. The highest BCUT2D eigenvalue weighted by molar-refractivity contribution is 7.86. The summed E-state index contributed by atoms with van der Waals surface area (Å²) in [6, 6.07) is 0. The van der Waals surface area contributed by atoms with Crippen molar-refractivity contribution in [1.29, 1.82) is 0 Å². The Bertz CT molecular complexity index is 775. The third kappa shape index (κ3) is 2.86. The standard InChI is InChI=1S/C16H25N5OS/c1-11-18-13(20-7-8-23(22)16(5,6)10-20)12-9-17-21(14(12)19-11)15(2,3)4/h9H,7-8,10H2,1-6H3. The minimum Gasteiger partial charge on any atom is -0.354 e. The molecule has 0 aliphatic carbocycles. The zero-order chi connectivity index (χ0) is 17.0. The van der Waals surface area contributed by atoms with E-state index in [0.29, 0.717) is 5.75 Å². The minimum atomic E-state index is -0.799. The molecular weight excluding hydrogens is 310 g/mol. The first-order chi connectivity index (χ1) is 10.6. The molecule has 1 aliphatic rings. The van der Waals surface area contributed by atoms with Crippen molar-refractivity contribution in [2.45, 2.75) is 51.8 Å². The highest BCUT2D eigenvalue weighted by Crippen LogP contribution is 2.30. The number of aromatic nitrogens is 4. The monoisotopic (exact) mass is 335 g/mol. The zero-order valence-corrected chi connectivity index (χ0v) is 15.6. The van der Waals surface area contributed by atoms with Crippen LogP contribution in [0.15, 0.2) is 6.20 Å². The van der Waals surface area contributed by atoms with Crippen molar-refractivity contribution in [1.82, 2.24) is 19.7 Å². The molecule has 0 amide bonds. The SMILES string of the molecule is Cc1nc(N2CCS(=O)C(C)(C)C2)c2cnn(C(C)(C)C)c2n1. The summed E-state index contributed by atoms with van der Waals surface area (Å²) in [5, 5.41) is 5.51. The van der Waals surface area contributed by atoms with Gasteiger partial charge in [0, 0.05) is 29.6 Å². The molecule has 0 spiro atoms. The van der Waals surface area contributed by atoms with Crippen molar-refractivity contribution in [2.75, 3.05) is 23.7 Å². The lowest BCUT2D eigenvalue weighted by Gasteiger charge is -2.38. The lowest BCUT2D eigenvalue weighted by Crippen LogP contribution is -2.50. The summed E-state index contributed by atoms with van der Waals surface area (Å²) < 4.78 is 13.9. The van der Waals surface area contributed by atoms with Crippen LogP contribution in [0.25, 0.3) is 11.0 Å². The van der Waals surface area contributed by atoms with Crippen molar-refractivity contribution < 1.29 is 4.21 Å². The smallest absolute Gasteiger partial charge is 0.164 e. The van der Waals surface area contributed by atoms with Crippen molar-refractivity contribution in [2.24, 2.45) is 0 Å². The van der Waals surface area contributed by atoms with Crippen molar-refractivity contribution in [3.63, 3.8) is 0 Å². The van der Waals surface area contributed by atoms with E-state index in [0.717, 1.165) is 35.8 Å². The van der Waals surface area contributed by atoms with Gasteiger partial charge in [0.1, 0.15) is 11.6 Å². The number of fused-ring (bicyclic) bond motifs is 1. The Morgan fingerprint density at radius 2 is 1.96 bits per heavy atom. The van der Waals surface area contributed by atoms with Gasteiger partial charge in [0.25, 0.3) is 0 Å². The van der Waals surface area contributed by atoms with Crippen LogP contribution in [0, 0.1) is 6.92 Å². The summed E-state index contributed by atoms with van der Waals surface area (Å²) in [4.78, 5) is 11.5. The number of nitrogens with zero attached hydrogens (tertiary/aromatic N) is 5. The second-order valence-corrected chi connectivity index (χ2v) is 9.99. The van der Waals surface area contributed by atoms with E-state index in [1.165, 1.54) is 0 Å². The molecule has 2 aromatic rings. The van der Waals surface area contributed by atoms with E-state index >= 15 is 0 Å². The predicted molar refractivity (Wildman–Crippen MR) is 94.4 cm³/mol. The summed E-state index contributed by atoms with van der Waals surface area (Å²) in [7, 11) is -0.799. The predicted octanol–water partition coefficient (Wildman–Crippen LogP) is 2.24. The summed E-state index contributed by atoms with van der Waals surface area (Å²) in [6.07, 6.45) is 1.86. The van der Waals surface area contributed by atoms with Gasteiger partial charge in [-0.25, -0.2) is 14.6 Å². The number of aryl methyl sites for hydroxylation is 1. The van der Waals surface area contributed by atoms with Gasteiger partial charge in [-0.3, -0.25) is 4.21 Å². The molecule has 7 heteroatoms. The van der Waals surface area contributed by atoms with Gasteiger partial charge in [-0.15, -0.1) is 0 Å². The fraction of sp³-hybridized carbons (Fsp3) is 0.688. The molecule has 126 valence electrons. The highest BCUT2D eigenvalue weighted by Gasteiger charge is 2.35. The number of hydrogen-bond acceptors (Lipinski definition) is 5. The van der Waals surface area contributed by atoms with E-state index in [1.807, 2.05) is 17.8 Å². The fourth-order valence-electron chi connectivity index (χ4n) is 2.99. The normalized spacial score (nSPS) is 21.8. The molecule has 1 fully saturated rings. The second-order valence-electron chi connectivity index (χ2n) is 7.79. The van der Waals surface area contributed by atoms with Gasteiger partial charge in [-0.2, -0.15) is 5.10 Å². The Morgan fingerprint density at radius 1 is 1.26 bits per heavy atom. The second kappa shape index (κ2) is 5.26. The molecule has 1 unspecified atom stereocenters. The van der Waals surface area contributed by atoms with E-state index in [1.54, 1.807) is 0 Å². The molecule has 0 bridgehead atoms. The zero-order valence-electron chi connectivity index (χ0n) is 14.8. The molecule has 1 atom stereocenters. The Morgan fingerprint density at radius 3 is 2.57 bits per heavy atom. The van der Waals surface area contributed by atoms with Crippen LogP contribution in [0.1, 0.15) is 40.4 Å². The van der Waals surface area contributed by atoms with Crippen LogP contribution in [0.3, 0.4) is 0 Å². The van der Waals surface area contributed by atoms with Crippen LogP contribution in [-0.2, 0) is 16.3 Å². The molecule has 2 aromatic heterocycles. The van der Waals surface area contributed by atoms with Gasteiger partial charge >= 0.3 is 0 Å². The van der Waals surface area contributed by atoms with Gasteiger partial charge < -0.3 is 4.90 Å². The van der Waals surface area contributed by atoms with Crippen LogP contribution >= 0.6 is 0 Å². The number of rotatable bonds is 1. The van der Waals surface area contributed by atoms with E-state index in [-0.39, 0.29) is 10.3 Å². The molecule has 23 heavy (non-hydrogen) atoms. The maximum Gasteiger partial charge on any atom is 0.164 e. The molecule has 1 aliphatic heterocycles. The number of hydrogen-bond donors (Lipinski definition) is 0. The maximum atomic E-state index is 12.2. The van der Waals surface area contributed by atoms with Crippen LogP contribution in [0.2, 0.25) is 0 Å². The highest BCUT2D eigenvalue weighted by atomic mass is 32.2. The Balaban J connectivity index is 2.12. The summed E-state index contributed by atoms with van der Waals surface area (Å²) >= 11 is 0. The van der Waals surface area contributed by atoms with E-state index in [2.05, 4.69) is 54.6 Å². The Kier molecular flexibility index (Phi) is 3.74. The molecule has 0 radical (unpaired) electrons. The topological polar surface area (TPSA) is 63.9 Å². The van der Waals surface area contributed by atoms with Crippen molar-refractivity contribution in [3.05, 3.63) is 12.0 Å². The molecule has 0 N–H and O–H groups in total. The molecule has 6 nitrogen and oxygen atoms in total. The van der Waals surface area contributed by atoms with E-state index < -0.39 is 10.8 Å². The van der Waals surface area contributed by atoms with Gasteiger partial charge in [-0.1, -0.05) is 0 Å². The van der Waals surface area contributed by atoms with Crippen LogP contribution in [0.4, 0.5) is 5.82 Å². The average molecular weight is 335 g/mol. The van der Waals surface area contributed by atoms with Crippen LogP contribution in [0.5, 0.6) is 0 Å². The van der Waals surface area contributed by atoms with Gasteiger partial charge in [0.2, 0.25) is 0 Å². The molecular formula is C16H25N5OS. The quantitative estimate of drug-likeness (QED) is 0.800. The van der Waals surface area contributed by atoms with E-state index in [9.17, 15) is 4.21 Å². The lowest BCUT2D eigenvalue weighted by molar-refractivity contribution is 0.365. The average Bonchev–Trinajstić information content (AvgIpc) is 2.84. The van der Waals surface area contributed by atoms with Crippen molar-refractivity contribution >= 4 is 27.7 Å². The summed E-state index contributed by atoms with van der Waals surface area (Å²) in [6.45, 7) is 13.8. The molecule has 1 saturated heterocycles. The first-order valence-corrected chi connectivity index (χ1v) is 9.28. The minimum absolute atomic E-state index is 0.136.